The average molecular weight is 602 g/mol. The zero-order valence-corrected chi connectivity index (χ0v) is 19.6. The average Bonchev–Trinajstić information content (AvgIpc) is 2.85. The van der Waals surface area contributed by atoms with E-state index in [4.69, 9.17) is 0 Å². The highest BCUT2D eigenvalue weighted by Gasteiger charge is 2.73. The van der Waals surface area contributed by atoms with Crippen LogP contribution in [-0.4, -0.2) is 35.9 Å². The zero-order valence-electron chi connectivity index (χ0n) is 19.6. The summed E-state index contributed by atoms with van der Waals surface area (Å²) in [6.45, 7) is -3.96. The molecule has 6 nitrogen and oxygen atoms in total. The zero-order chi connectivity index (χ0) is 30.9. The second-order valence-corrected chi connectivity index (χ2v) is 7.98. The Morgan fingerprint density at radius 1 is 0.805 bits per heavy atom. The molecule has 0 saturated carbocycles. The molecule has 220 valence electrons. The van der Waals surface area contributed by atoms with Crippen LogP contribution in [-0.2, 0) is 5.67 Å². The third-order valence-electron chi connectivity index (χ3n) is 5.31. The van der Waals surface area contributed by atoms with Gasteiger partial charge in [0.15, 0.2) is 11.6 Å². The Hall–Kier alpha value is -4.57. The van der Waals surface area contributed by atoms with Crippen molar-refractivity contribution < 1.29 is 67.7 Å². The molecule has 0 spiro atoms. The van der Waals surface area contributed by atoms with Crippen molar-refractivity contribution in [3.8, 4) is 11.5 Å². The van der Waals surface area contributed by atoms with Crippen LogP contribution in [0.1, 0.15) is 26.3 Å². The first kappa shape index (κ1) is 31.0. The van der Waals surface area contributed by atoms with Crippen molar-refractivity contribution in [2.45, 2.75) is 24.6 Å². The molecule has 0 unspecified atom stereocenters. The molecule has 2 amide bonds. The van der Waals surface area contributed by atoms with Gasteiger partial charge in [-0.2, -0.15) is 35.1 Å². The van der Waals surface area contributed by atoms with Crippen LogP contribution < -0.4 is 15.4 Å². The van der Waals surface area contributed by atoms with Crippen LogP contribution in [0.15, 0.2) is 54.6 Å². The first-order valence-corrected chi connectivity index (χ1v) is 10.7. The molecule has 0 bridgehead atoms. The van der Waals surface area contributed by atoms with E-state index in [1.54, 1.807) is 5.32 Å². The van der Waals surface area contributed by atoms with Crippen molar-refractivity contribution in [3.63, 3.8) is 0 Å². The summed E-state index contributed by atoms with van der Waals surface area (Å²) in [6, 6.07) is 5.73. The van der Waals surface area contributed by atoms with E-state index < -0.39 is 94.2 Å². The molecule has 0 saturated heterocycles. The predicted molar refractivity (Wildman–Crippen MR) is 118 cm³/mol. The van der Waals surface area contributed by atoms with Crippen LogP contribution in [0, 0.1) is 11.6 Å². The smallest absolute Gasteiger partial charge is 0.435 e. The van der Waals surface area contributed by atoms with Gasteiger partial charge in [-0.05, 0) is 48.5 Å². The van der Waals surface area contributed by atoms with Crippen molar-refractivity contribution >= 4 is 23.2 Å². The minimum atomic E-state index is -6.69. The monoisotopic (exact) mass is 602 g/mol. The quantitative estimate of drug-likeness (QED) is 0.200. The normalized spacial score (nSPS) is 12.3. The molecule has 0 atom stereocenters. The molecule has 3 rings (SSSR count). The van der Waals surface area contributed by atoms with Crippen LogP contribution >= 0.6 is 0 Å². The topological polar surface area (TPSA) is 87.7 Å². The van der Waals surface area contributed by atoms with Gasteiger partial charge in [-0.1, -0.05) is 6.07 Å². The highest BCUT2D eigenvalue weighted by atomic mass is 19.4. The Morgan fingerprint density at radius 2 is 1.39 bits per heavy atom. The van der Waals surface area contributed by atoms with E-state index in [0.717, 1.165) is 42.5 Å². The third kappa shape index (κ3) is 6.28. The van der Waals surface area contributed by atoms with E-state index in [1.165, 1.54) is 0 Å². The maximum absolute atomic E-state index is 15.0. The van der Waals surface area contributed by atoms with E-state index >= 15 is 4.39 Å². The Bertz CT molecular complexity index is 1440. The summed E-state index contributed by atoms with van der Waals surface area (Å²) >= 11 is 0. The number of alkyl halides is 9. The van der Waals surface area contributed by atoms with Crippen molar-refractivity contribution in [2.75, 3.05) is 10.6 Å². The van der Waals surface area contributed by atoms with E-state index in [2.05, 4.69) is 10.1 Å². The number of amides is 2. The van der Waals surface area contributed by atoms with Gasteiger partial charge in [0.1, 0.15) is 17.3 Å². The van der Waals surface area contributed by atoms with E-state index in [0.29, 0.717) is 0 Å². The van der Waals surface area contributed by atoms with Crippen molar-refractivity contribution in [1.29, 1.82) is 0 Å². The number of phenols is 1. The molecule has 0 aromatic heterocycles. The second kappa shape index (κ2) is 11.1. The van der Waals surface area contributed by atoms with Gasteiger partial charge in [-0.3, -0.25) is 9.59 Å². The van der Waals surface area contributed by atoms with Crippen molar-refractivity contribution in [1.82, 2.24) is 0 Å². The standard InChI is InChI=1S/C24H13F11N2O4/c25-12-6-4-10(5-7-12)19(39)36-14-3-1-2-13(17(14)26)20(40)37-18-15(38)8-11(9-16(18)41-21(27)28)22(29,23(30,31)32)24(33,34)35/h1-9,21,38H,(H,36,39)(H,37,40). The summed E-state index contributed by atoms with van der Waals surface area (Å²) < 4.78 is 151. The number of hydrogen-bond donors (Lipinski definition) is 3. The maximum Gasteiger partial charge on any atom is 0.435 e. The van der Waals surface area contributed by atoms with E-state index in [1.807, 2.05) is 0 Å². The van der Waals surface area contributed by atoms with Gasteiger partial charge in [0, 0.05) is 11.1 Å². The summed E-state index contributed by atoms with van der Waals surface area (Å²) in [4.78, 5) is 25.0. The number of nitrogens with one attached hydrogen (secondary N) is 2. The van der Waals surface area contributed by atoms with Crippen molar-refractivity contribution in [3.05, 3.63) is 82.9 Å². The number of ether oxygens (including phenoxy) is 1. The number of anilines is 2. The van der Waals surface area contributed by atoms with Gasteiger partial charge < -0.3 is 20.5 Å². The number of halogens is 11. The van der Waals surface area contributed by atoms with Crippen LogP contribution in [0.25, 0.3) is 0 Å². The van der Waals surface area contributed by atoms with Crippen LogP contribution in [0.2, 0.25) is 0 Å². The highest BCUT2D eigenvalue weighted by molar-refractivity contribution is 6.08. The summed E-state index contributed by atoms with van der Waals surface area (Å²) in [5, 5.41) is 13.7. The minimum absolute atomic E-state index is 0.138. The number of rotatable bonds is 7. The van der Waals surface area contributed by atoms with Crippen molar-refractivity contribution in [2.24, 2.45) is 0 Å². The van der Waals surface area contributed by atoms with Crippen LogP contribution in [0.3, 0.4) is 0 Å². The molecule has 0 fully saturated rings. The lowest BCUT2D eigenvalue weighted by Crippen LogP contribution is -2.50. The van der Waals surface area contributed by atoms with Gasteiger partial charge in [0.25, 0.3) is 11.8 Å². The number of carbonyl (C=O) groups is 2. The van der Waals surface area contributed by atoms with Gasteiger partial charge in [0.05, 0.1) is 11.3 Å². The molecular formula is C24H13F11N2O4. The van der Waals surface area contributed by atoms with E-state index in [9.17, 15) is 58.6 Å². The van der Waals surface area contributed by atoms with Gasteiger partial charge in [0.2, 0.25) is 0 Å². The SMILES string of the molecule is O=C(Nc1cccc(C(=O)Nc2c(O)cc(C(F)(C(F)(F)F)C(F)(F)F)cc2OC(F)F)c1F)c1ccc(F)cc1. The molecule has 3 aromatic rings. The molecule has 3 aromatic carbocycles. The summed E-state index contributed by atoms with van der Waals surface area (Å²) in [6.07, 6.45) is -13.4. The Labute approximate surface area is 221 Å². The number of aromatic hydroxyl groups is 1. The molecule has 3 N–H and O–H groups in total. The van der Waals surface area contributed by atoms with Crippen LogP contribution in [0.5, 0.6) is 11.5 Å². The molecule has 0 radical (unpaired) electrons. The number of hydrogen-bond acceptors (Lipinski definition) is 4. The lowest BCUT2D eigenvalue weighted by molar-refractivity contribution is -0.348. The van der Waals surface area contributed by atoms with Crippen LogP contribution in [0.4, 0.5) is 59.7 Å². The maximum atomic E-state index is 15.0. The largest absolute Gasteiger partial charge is 0.506 e. The summed E-state index contributed by atoms with van der Waals surface area (Å²) in [5.41, 5.74) is -11.7. The molecular weight excluding hydrogens is 589 g/mol. The second-order valence-electron chi connectivity index (χ2n) is 7.98. The molecule has 0 aliphatic heterocycles. The number of phenolic OH excluding ortho intramolecular Hbond substituents is 1. The fourth-order valence-corrected chi connectivity index (χ4v) is 3.38. The first-order valence-electron chi connectivity index (χ1n) is 10.7. The predicted octanol–water partition coefficient (Wildman–Crippen LogP) is 7.07. The van der Waals surface area contributed by atoms with Gasteiger partial charge in [-0.25, -0.2) is 13.2 Å². The molecule has 0 aliphatic rings. The minimum Gasteiger partial charge on any atom is -0.506 e. The first-order chi connectivity index (χ1) is 18.9. The highest BCUT2D eigenvalue weighted by Crippen LogP contribution is 2.55. The van der Waals surface area contributed by atoms with Gasteiger partial charge in [-0.15, -0.1) is 0 Å². The summed E-state index contributed by atoms with van der Waals surface area (Å²) in [5.74, 6) is -8.27. The molecule has 17 heteroatoms. The lowest BCUT2D eigenvalue weighted by atomic mass is 9.93. The Morgan fingerprint density at radius 3 is 1.93 bits per heavy atom. The molecule has 0 aliphatic carbocycles. The lowest BCUT2D eigenvalue weighted by Gasteiger charge is -2.31. The van der Waals surface area contributed by atoms with E-state index in [-0.39, 0.29) is 5.56 Å². The number of benzene rings is 3. The number of carbonyl (C=O) groups excluding carboxylic acids is 2. The fraction of sp³-hybridized carbons (Fsp3) is 0.167. The summed E-state index contributed by atoms with van der Waals surface area (Å²) in [7, 11) is 0. The van der Waals surface area contributed by atoms with Gasteiger partial charge >= 0.3 is 24.6 Å². The third-order valence-corrected chi connectivity index (χ3v) is 5.31. The molecule has 0 heterocycles. The Balaban J connectivity index is 2.01. The molecule has 41 heavy (non-hydrogen) atoms. The Kier molecular flexibility index (Phi) is 8.41. The fourth-order valence-electron chi connectivity index (χ4n) is 3.38.